The van der Waals surface area contributed by atoms with Gasteiger partial charge in [-0.3, -0.25) is 14.5 Å². The van der Waals surface area contributed by atoms with Gasteiger partial charge < -0.3 is 14.5 Å². The van der Waals surface area contributed by atoms with Gasteiger partial charge in [-0.2, -0.15) is 13.2 Å². The number of halogens is 3. The molecule has 2 aromatic rings. The molecule has 0 aromatic heterocycles. The molecule has 2 atom stereocenters. The van der Waals surface area contributed by atoms with Crippen molar-refractivity contribution in [2.45, 2.75) is 70.4 Å². The lowest BCUT2D eigenvalue weighted by atomic mass is 9.92. The van der Waals surface area contributed by atoms with Crippen LogP contribution in [0.3, 0.4) is 0 Å². The molecule has 2 heterocycles. The van der Waals surface area contributed by atoms with E-state index in [1.165, 1.54) is 19.2 Å². The number of benzene rings is 2. The van der Waals surface area contributed by atoms with Gasteiger partial charge in [0.1, 0.15) is 6.61 Å². The van der Waals surface area contributed by atoms with E-state index in [9.17, 15) is 22.8 Å². The lowest BCUT2D eigenvalue weighted by Crippen LogP contribution is -2.55. The fourth-order valence-electron chi connectivity index (χ4n) is 5.77. The molecule has 2 aliphatic heterocycles. The number of nitrogens with zero attached hydrogens (tertiary/aromatic N) is 3. The molecule has 0 saturated carbocycles. The Morgan fingerprint density at radius 1 is 0.974 bits per heavy atom. The average molecular weight is 532 g/mol. The molecule has 1 saturated heterocycles. The normalized spacial score (nSPS) is 21.0. The van der Waals surface area contributed by atoms with Gasteiger partial charge in [-0.1, -0.05) is 37.3 Å². The number of hydrogen-bond acceptors (Lipinski definition) is 4. The maximum atomic E-state index is 13.2. The molecule has 2 amide bonds. The van der Waals surface area contributed by atoms with E-state index >= 15 is 0 Å². The summed E-state index contributed by atoms with van der Waals surface area (Å²) in [4.78, 5) is 32.3. The number of amides is 2. The predicted octanol–water partition coefficient (Wildman–Crippen LogP) is 5.25. The molecular weight excluding hydrogens is 495 g/mol. The van der Waals surface area contributed by atoms with Crippen molar-refractivity contribution in [1.29, 1.82) is 0 Å². The van der Waals surface area contributed by atoms with Crippen LogP contribution in [0.25, 0.3) is 0 Å². The lowest BCUT2D eigenvalue weighted by molar-refractivity contribution is -0.143. The van der Waals surface area contributed by atoms with E-state index in [2.05, 4.69) is 4.90 Å². The van der Waals surface area contributed by atoms with Crippen molar-refractivity contribution in [1.82, 2.24) is 9.80 Å². The fraction of sp³-hybridized carbons (Fsp3) is 0.517. The second-order valence-electron chi connectivity index (χ2n) is 10.2. The van der Waals surface area contributed by atoms with Crippen LogP contribution in [-0.2, 0) is 33.6 Å². The van der Waals surface area contributed by atoms with Crippen molar-refractivity contribution < 1.29 is 27.5 Å². The first-order chi connectivity index (χ1) is 18.2. The van der Waals surface area contributed by atoms with Crippen LogP contribution < -0.4 is 4.90 Å². The zero-order valence-corrected chi connectivity index (χ0v) is 22.0. The summed E-state index contributed by atoms with van der Waals surface area (Å²) in [7, 11) is 1.51. The number of alkyl halides is 3. The number of methoxy groups -OCH3 is 1. The van der Waals surface area contributed by atoms with Crippen LogP contribution in [-0.4, -0.2) is 60.5 Å². The third-order valence-corrected chi connectivity index (χ3v) is 7.54. The minimum atomic E-state index is -4.39. The van der Waals surface area contributed by atoms with Crippen molar-refractivity contribution in [2.24, 2.45) is 0 Å². The first kappa shape index (κ1) is 28.1. The highest BCUT2D eigenvalue weighted by Crippen LogP contribution is 2.32. The molecular formula is C29H36F3N3O3. The summed E-state index contributed by atoms with van der Waals surface area (Å²) in [5.41, 5.74) is 1.91. The Balaban J connectivity index is 1.72. The second-order valence-corrected chi connectivity index (χ2v) is 10.2. The molecule has 206 valence electrons. The summed E-state index contributed by atoms with van der Waals surface area (Å²) in [5.74, 6) is -0.0464. The summed E-state index contributed by atoms with van der Waals surface area (Å²) >= 11 is 0. The van der Waals surface area contributed by atoms with Gasteiger partial charge in [0.2, 0.25) is 11.8 Å². The fourth-order valence-corrected chi connectivity index (χ4v) is 5.77. The minimum absolute atomic E-state index is 0.0102. The van der Waals surface area contributed by atoms with Crippen molar-refractivity contribution in [3.8, 4) is 0 Å². The molecule has 0 radical (unpaired) electrons. The van der Waals surface area contributed by atoms with Gasteiger partial charge in [0.05, 0.1) is 5.56 Å². The quantitative estimate of drug-likeness (QED) is 0.529. The Morgan fingerprint density at radius 2 is 1.68 bits per heavy atom. The minimum Gasteiger partial charge on any atom is -0.375 e. The standard InChI is InChI=1S/C29H36F3N3O3/c1-3-27(36)34-16-15-24-8-6-9-25(35(24)28(37)20-38-2)19-33(18-22-7-4-5-10-26(22)34)17-21-11-13-23(14-12-21)29(30,31)32/h4-5,7,10-14,24-25H,3,6,8-9,15-20H2,1-2H3. The van der Waals surface area contributed by atoms with E-state index in [1.54, 1.807) is 0 Å². The zero-order valence-electron chi connectivity index (χ0n) is 22.0. The highest BCUT2D eigenvalue weighted by atomic mass is 19.4. The average Bonchev–Trinajstić information content (AvgIpc) is 2.90. The smallest absolute Gasteiger partial charge is 0.375 e. The molecule has 1 fully saturated rings. The van der Waals surface area contributed by atoms with Crippen molar-refractivity contribution in [3.05, 3.63) is 65.2 Å². The van der Waals surface area contributed by atoms with Crippen molar-refractivity contribution in [2.75, 3.05) is 31.7 Å². The zero-order chi connectivity index (χ0) is 27.3. The van der Waals surface area contributed by atoms with Crippen molar-refractivity contribution >= 4 is 17.5 Å². The maximum absolute atomic E-state index is 13.2. The van der Waals surface area contributed by atoms with E-state index in [4.69, 9.17) is 4.74 Å². The third kappa shape index (κ3) is 6.56. The molecule has 2 bridgehead atoms. The van der Waals surface area contributed by atoms with Crippen LogP contribution in [0.15, 0.2) is 48.5 Å². The topological polar surface area (TPSA) is 53.1 Å². The number of fused-ring (bicyclic) bond motifs is 3. The largest absolute Gasteiger partial charge is 0.416 e. The summed E-state index contributed by atoms with van der Waals surface area (Å²) in [6.07, 6.45) is -0.681. The molecule has 2 aromatic carbocycles. The summed E-state index contributed by atoms with van der Waals surface area (Å²) < 4.78 is 44.6. The van der Waals surface area contributed by atoms with Gasteiger partial charge >= 0.3 is 6.18 Å². The molecule has 9 heteroatoms. The monoisotopic (exact) mass is 531 g/mol. The number of anilines is 1. The van der Waals surface area contributed by atoms with E-state index in [1.807, 2.05) is 41.0 Å². The first-order valence-corrected chi connectivity index (χ1v) is 13.3. The van der Waals surface area contributed by atoms with Gasteiger partial charge in [-0.05, 0) is 55.0 Å². The maximum Gasteiger partial charge on any atom is 0.416 e. The Bertz CT molecular complexity index is 1110. The third-order valence-electron chi connectivity index (χ3n) is 7.54. The van der Waals surface area contributed by atoms with E-state index in [0.29, 0.717) is 39.0 Å². The Kier molecular flexibility index (Phi) is 9.10. The lowest BCUT2D eigenvalue weighted by Gasteiger charge is -2.44. The number of para-hydroxylation sites is 1. The highest BCUT2D eigenvalue weighted by Gasteiger charge is 2.36. The van der Waals surface area contributed by atoms with Crippen LogP contribution in [0, 0.1) is 0 Å². The number of ether oxygens (including phenoxy) is 1. The summed E-state index contributed by atoms with van der Waals surface area (Å²) in [6.45, 7) is 3.83. The van der Waals surface area contributed by atoms with Crippen LogP contribution in [0.1, 0.15) is 55.7 Å². The molecule has 0 spiro atoms. The Hall–Kier alpha value is -2.91. The molecule has 2 unspecified atom stereocenters. The van der Waals surface area contributed by atoms with Gasteiger partial charge in [-0.25, -0.2) is 0 Å². The van der Waals surface area contributed by atoms with Gasteiger partial charge in [0, 0.05) is 57.5 Å². The number of carbonyl (C=O) groups is 2. The first-order valence-electron chi connectivity index (χ1n) is 13.3. The molecule has 6 nitrogen and oxygen atoms in total. The van der Waals surface area contributed by atoms with Crippen LogP contribution in [0.4, 0.5) is 18.9 Å². The van der Waals surface area contributed by atoms with Gasteiger partial charge in [0.15, 0.2) is 0 Å². The molecule has 0 aliphatic carbocycles. The van der Waals surface area contributed by atoms with E-state index in [0.717, 1.165) is 48.2 Å². The number of carbonyl (C=O) groups excluding carboxylic acids is 2. The highest BCUT2D eigenvalue weighted by molar-refractivity contribution is 5.94. The molecule has 38 heavy (non-hydrogen) atoms. The Labute approximate surface area is 222 Å². The van der Waals surface area contributed by atoms with E-state index < -0.39 is 11.7 Å². The number of piperidine rings is 1. The summed E-state index contributed by atoms with van der Waals surface area (Å²) in [6, 6.07) is 13.0. The SMILES string of the molecule is CCC(=O)N1CCC2CCCC(CN(Cc3ccc(C(F)(F)F)cc3)Cc3ccccc31)N2C(=O)COC. The number of rotatable bonds is 5. The molecule has 4 rings (SSSR count). The number of hydrogen-bond donors (Lipinski definition) is 0. The van der Waals surface area contributed by atoms with Crippen LogP contribution in [0.5, 0.6) is 0 Å². The van der Waals surface area contributed by atoms with Crippen LogP contribution in [0.2, 0.25) is 0 Å². The Morgan fingerprint density at radius 3 is 2.37 bits per heavy atom. The summed E-state index contributed by atoms with van der Waals surface area (Å²) in [5, 5.41) is 0. The van der Waals surface area contributed by atoms with E-state index in [-0.39, 0.29) is 30.5 Å². The molecule has 0 N–H and O–H groups in total. The molecule has 2 aliphatic rings. The predicted molar refractivity (Wildman–Crippen MR) is 139 cm³/mol. The van der Waals surface area contributed by atoms with Gasteiger partial charge in [-0.15, -0.1) is 0 Å². The van der Waals surface area contributed by atoms with Crippen molar-refractivity contribution in [3.63, 3.8) is 0 Å². The second kappa shape index (κ2) is 12.3. The van der Waals surface area contributed by atoms with Gasteiger partial charge in [0.25, 0.3) is 0 Å². The van der Waals surface area contributed by atoms with Crippen LogP contribution >= 0.6 is 0 Å².